The van der Waals surface area contributed by atoms with Crippen LogP contribution in [-0.4, -0.2) is 17.8 Å². The second-order valence-electron chi connectivity index (χ2n) is 4.91. The predicted molar refractivity (Wildman–Crippen MR) is 85.4 cm³/mol. The Balaban J connectivity index is 2.20. The zero-order valence-electron chi connectivity index (χ0n) is 11.4. The molecular weight excluding hydrogens is 304 g/mol. The molecule has 0 saturated carbocycles. The van der Waals surface area contributed by atoms with Gasteiger partial charge in [-0.2, -0.15) is 5.26 Å². The third-order valence-corrected chi connectivity index (χ3v) is 4.80. The summed E-state index contributed by atoms with van der Waals surface area (Å²) in [5.74, 6) is 0. The van der Waals surface area contributed by atoms with E-state index in [1.165, 1.54) is 0 Å². The molecule has 0 amide bonds. The topological polar surface area (TPSA) is 47.3 Å². The van der Waals surface area contributed by atoms with Crippen LogP contribution in [0, 0.1) is 11.3 Å². The fourth-order valence-corrected chi connectivity index (χ4v) is 3.76. The first-order valence-corrected chi connectivity index (χ1v) is 7.75. The van der Waals surface area contributed by atoms with Gasteiger partial charge in [0, 0.05) is 14.8 Å². The van der Waals surface area contributed by atoms with E-state index in [1.54, 1.807) is 11.8 Å². The molecule has 3 rings (SSSR count). The van der Waals surface area contributed by atoms with Crippen molar-refractivity contribution in [2.75, 3.05) is 11.5 Å². The molecule has 1 N–H and O–H groups in total. The average Bonchev–Trinajstić information content (AvgIpc) is 2.51. The molecule has 106 valence electrons. The minimum atomic E-state index is -0.0847. The van der Waals surface area contributed by atoms with Crippen molar-refractivity contribution in [3.63, 3.8) is 0 Å². The third kappa shape index (κ3) is 2.49. The van der Waals surface area contributed by atoms with Crippen LogP contribution < -0.4 is 4.90 Å². The van der Waals surface area contributed by atoms with Crippen molar-refractivity contribution in [1.82, 2.24) is 0 Å². The number of halogens is 1. The SMILES string of the molecule is CC(CO)N1c2ccc(Cl)cc2Sc2ccc(C#N)cc21. The van der Waals surface area contributed by atoms with Gasteiger partial charge < -0.3 is 10.0 Å². The fourth-order valence-electron chi connectivity index (χ4n) is 2.43. The molecule has 3 nitrogen and oxygen atoms in total. The lowest BCUT2D eigenvalue weighted by atomic mass is 10.1. The van der Waals surface area contributed by atoms with Crippen LogP contribution in [-0.2, 0) is 0 Å². The minimum absolute atomic E-state index is 0.0307. The minimum Gasteiger partial charge on any atom is -0.394 e. The standard InChI is InChI=1S/C16H13ClN2OS/c1-10(9-20)19-13-4-3-12(17)7-16(13)21-15-5-2-11(8-18)6-14(15)19/h2-7,10,20H,9H2,1H3. The number of hydrogen-bond acceptors (Lipinski definition) is 4. The molecule has 1 heterocycles. The Hall–Kier alpha value is -1.67. The van der Waals surface area contributed by atoms with Crippen LogP contribution in [0.4, 0.5) is 11.4 Å². The van der Waals surface area contributed by atoms with Crippen molar-refractivity contribution in [2.24, 2.45) is 0 Å². The highest BCUT2D eigenvalue weighted by Gasteiger charge is 2.27. The van der Waals surface area contributed by atoms with Gasteiger partial charge in [-0.05, 0) is 43.3 Å². The van der Waals surface area contributed by atoms with E-state index in [0.717, 1.165) is 21.2 Å². The molecule has 1 unspecified atom stereocenters. The molecule has 21 heavy (non-hydrogen) atoms. The van der Waals surface area contributed by atoms with Gasteiger partial charge in [-0.3, -0.25) is 0 Å². The number of hydrogen-bond donors (Lipinski definition) is 1. The number of anilines is 2. The van der Waals surface area contributed by atoms with Crippen molar-refractivity contribution >= 4 is 34.7 Å². The van der Waals surface area contributed by atoms with Crippen LogP contribution in [0.1, 0.15) is 12.5 Å². The molecule has 1 aliphatic heterocycles. The van der Waals surface area contributed by atoms with Gasteiger partial charge in [-0.15, -0.1) is 0 Å². The Bertz CT molecular complexity index is 742. The first kappa shape index (κ1) is 14.3. The van der Waals surface area contributed by atoms with E-state index < -0.39 is 0 Å². The van der Waals surface area contributed by atoms with Crippen LogP contribution in [0.2, 0.25) is 5.02 Å². The molecule has 0 bridgehead atoms. The molecule has 0 saturated heterocycles. The highest BCUT2D eigenvalue weighted by molar-refractivity contribution is 7.99. The van der Waals surface area contributed by atoms with Gasteiger partial charge in [0.05, 0.1) is 35.7 Å². The maximum absolute atomic E-state index is 9.58. The van der Waals surface area contributed by atoms with E-state index in [9.17, 15) is 5.11 Å². The summed E-state index contributed by atoms with van der Waals surface area (Å²) >= 11 is 7.72. The van der Waals surface area contributed by atoms with Gasteiger partial charge in [-0.1, -0.05) is 23.4 Å². The van der Waals surface area contributed by atoms with Gasteiger partial charge in [0.15, 0.2) is 0 Å². The number of nitrogens with zero attached hydrogens (tertiary/aromatic N) is 2. The molecule has 0 aliphatic carbocycles. The Kier molecular flexibility index (Phi) is 3.81. The molecule has 0 spiro atoms. The van der Waals surface area contributed by atoms with Crippen molar-refractivity contribution in [2.45, 2.75) is 22.8 Å². The van der Waals surface area contributed by atoms with E-state index in [4.69, 9.17) is 16.9 Å². The summed E-state index contributed by atoms with van der Waals surface area (Å²) in [4.78, 5) is 4.18. The number of nitriles is 1. The van der Waals surface area contributed by atoms with Gasteiger partial charge in [0.2, 0.25) is 0 Å². The lowest BCUT2D eigenvalue weighted by molar-refractivity contribution is 0.272. The number of rotatable bonds is 2. The first-order chi connectivity index (χ1) is 10.1. The quantitative estimate of drug-likeness (QED) is 0.902. The van der Waals surface area contributed by atoms with E-state index in [2.05, 4.69) is 11.0 Å². The van der Waals surface area contributed by atoms with Gasteiger partial charge in [0.1, 0.15) is 0 Å². The Morgan fingerprint density at radius 2 is 2.05 bits per heavy atom. The Morgan fingerprint density at radius 1 is 1.24 bits per heavy atom. The van der Waals surface area contributed by atoms with Crippen molar-refractivity contribution in [3.05, 3.63) is 47.0 Å². The molecule has 2 aromatic carbocycles. The van der Waals surface area contributed by atoms with Crippen molar-refractivity contribution in [3.8, 4) is 6.07 Å². The monoisotopic (exact) mass is 316 g/mol. The predicted octanol–water partition coefficient (Wildman–Crippen LogP) is 4.20. The summed E-state index contributed by atoms with van der Waals surface area (Å²) in [6.45, 7) is 1.99. The zero-order chi connectivity index (χ0) is 15.0. The smallest absolute Gasteiger partial charge is 0.0992 e. The van der Waals surface area contributed by atoms with Crippen LogP contribution in [0.3, 0.4) is 0 Å². The lowest BCUT2D eigenvalue weighted by Crippen LogP contribution is -2.33. The second-order valence-corrected chi connectivity index (χ2v) is 6.43. The molecule has 2 aromatic rings. The van der Waals surface area contributed by atoms with E-state index in [0.29, 0.717) is 10.6 Å². The summed E-state index contributed by atoms with van der Waals surface area (Å²) in [5, 5.41) is 19.4. The molecule has 0 radical (unpaired) electrons. The maximum Gasteiger partial charge on any atom is 0.0992 e. The average molecular weight is 317 g/mol. The van der Waals surface area contributed by atoms with Gasteiger partial charge in [-0.25, -0.2) is 0 Å². The lowest BCUT2D eigenvalue weighted by Gasteiger charge is -2.36. The molecular formula is C16H13ClN2OS. The number of fused-ring (bicyclic) bond motifs is 2. The number of aliphatic hydroxyl groups is 1. The van der Waals surface area contributed by atoms with E-state index in [-0.39, 0.29) is 12.6 Å². The molecule has 0 fully saturated rings. The van der Waals surface area contributed by atoms with Crippen LogP contribution in [0.5, 0.6) is 0 Å². The van der Waals surface area contributed by atoms with Crippen LogP contribution >= 0.6 is 23.4 Å². The molecule has 5 heteroatoms. The third-order valence-electron chi connectivity index (χ3n) is 3.45. The number of benzene rings is 2. The van der Waals surface area contributed by atoms with Crippen LogP contribution in [0.25, 0.3) is 0 Å². The highest BCUT2D eigenvalue weighted by Crippen LogP contribution is 2.49. The molecule has 1 atom stereocenters. The summed E-state index contributed by atoms with van der Waals surface area (Å²) in [5.41, 5.74) is 2.57. The number of aliphatic hydroxyl groups excluding tert-OH is 1. The van der Waals surface area contributed by atoms with Crippen molar-refractivity contribution in [1.29, 1.82) is 5.26 Å². The van der Waals surface area contributed by atoms with E-state index >= 15 is 0 Å². The van der Waals surface area contributed by atoms with Crippen molar-refractivity contribution < 1.29 is 5.11 Å². The Morgan fingerprint density at radius 3 is 2.76 bits per heavy atom. The Labute approximate surface area is 132 Å². The van der Waals surface area contributed by atoms with Gasteiger partial charge in [0.25, 0.3) is 0 Å². The second kappa shape index (κ2) is 5.61. The summed E-state index contributed by atoms with van der Waals surface area (Å²) in [6.07, 6.45) is 0. The van der Waals surface area contributed by atoms with Crippen LogP contribution in [0.15, 0.2) is 46.2 Å². The zero-order valence-corrected chi connectivity index (χ0v) is 12.9. The largest absolute Gasteiger partial charge is 0.394 e. The summed E-state index contributed by atoms with van der Waals surface area (Å²) < 4.78 is 0. The fraction of sp³-hybridized carbons (Fsp3) is 0.188. The molecule has 1 aliphatic rings. The normalized spacial score (nSPS) is 14.1. The van der Waals surface area contributed by atoms with E-state index in [1.807, 2.05) is 43.3 Å². The summed E-state index contributed by atoms with van der Waals surface area (Å²) in [6, 6.07) is 13.4. The first-order valence-electron chi connectivity index (χ1n) is 6.55. The van der Waals surface area contributed by atoms with Gasteiger partial charge >= 0.3 is 0 Å². The maximum atomic E-state index is 9.58. The summed E-state index contributed by atoms with van der Waals surface area (Å²) in [7, 11) is 0. The highest BCUT2D eigenvalue weighted by atomic mass is 35.5. The molecule has 0 aromatic heterocycles.